The van der Waals surface area contributed by atoms with Gasteiger partial charge in [0.05, 0.1) is 11.9 Å². The summed E-state index contributed by atoms with van der Waals surface area (Å²) in [5, 5.41) is 7.19. The van der Waals surface area contributed by atoms with E-state index in [9.17, 15) is 13.2 Å². The summed E-state index contributed by atoms with van der Waals surface area (Å²) in [5.41, 5.74) is 0.549. The molecule has 4 heterocycles. The van der Waals surface area contributed by atoms with Gasteiger partial charge in [0.15, 0.2) is 11.6 Å². The number of pyridine rings is 2. The number of alkyl halides is 3. The Morgan fingerprint density at radius 2 is 1.93 bits per heavy atom. The number of anilines is 2. The molecule has 4 aromatic heterocycles. The number of hydrogen-bond donors (Lipinski definition) is 1. The van der Waals surface area contributed by atoms with Crippen molar-refractivity contribution in [3.8, 4) is 11.5 Å². The summed E-state index contributed by atoms with van der Waals surface area (Å²) in [6.07, 6.45) is 4.19. The second-order valence-corrected chi connectivity index (χ2v) is 6.86. The summed E-state index contributed by atoms with van der Waals surface area (Å²) in [4.78, 5) is 12.0. The summed E-state index contributed by atoms with van der Waals surface area (Å²) in [5.74, 6) is -0.117. The molecule has 0 saturated carbocycles. The normalized spacial score (nSPS) is 11.7. The van der Waals surface area contributed by atoms with Gasteiger partial charge in [-0.3, -0.25) is 4.98 Å². The van der Waals surface area contributed by atoms with E-state index in [4.69, 9.17) is 0 Å². The molecule has 4 aromatic rings. The Morgan fingerprint density at radius 1 is 1.07 bits per heavy atom. The third-order valence-electron chi connectivity index (χ3n) is 3.69. The topological polar surface area (TPSA) is 68.0 Å². The fourth-order valence-electron chi connectivity index (χ4n) is 2.46. The lowest BCUT2D eigenvalue weighted by Crippen LogP contribution is -2.08. The number of aromatic nitrogens is 5. The maximum Gasteiger partial charge on any atom is 0.337 e. The van der Waals surface area contributed by atoms with E-state index in [1.54, 1.807) is 18.3 Å². The molecule has 0 amide bonds. The van der Waals surface area contributed by atoms with Crippen LogP contribution in [-0.2, 0) is 3.93 Å². The Balaban J connectivity index is 1.83. The van der Waals surface area contributed by atoms with Gasteiger partial charge in [-0.1, -0.05) is 6.07 Å². The van der Waals surface area contributed by atoms with Gasteiger partial charge in [0, 0.05) is 35.0 Å². The van der Waals surface area contributed by atoms with Crippen molar-refractivity contribution in [2.24, 2.45) is 0 Å². The van der Waals surface area contributed by atoms with Gasteiger partial charge in [-0.05, 0) is 30.3 Å². The molecule has 0 bridgehead atoms. The number of halogens is 4. The quantitative estimate of drug-likeness (QED) is 0.342. The zero-order valence-electron chi connectivity index (χ0n) is 13.4. The number of nitrogens with zero attached hydrogens (tertiary/aromatic N) is 5. The maximum atomic E-state index is 13.9. The molecule has 0 aliphatic rings. The Morgan fingerprint density at radius 3 is 2.70 bits per heavy atom. The third-order valence-corrected chi connectivity index (χ3v) is 4.24. The lowest BCUT2D eigenvalue weighted by Gasteiger charge is -2.11. The predicted octanol–water partition coefficient (Wildman–Crippen LogP) is 4.55. The van der Waals surface area contributed by atoms with Crippen LogP contribution in [0.3, 0.4) is 0 Å². The van der Waals surface area contributed by atoms with E-state index in [0.717, 1.165) is 28.8 Å². The van der Waals surface area contributed by atoms with E-state index in [-0.39, 0.29) is 17.2 Å². The highest BCUT2D eigenvalue weighted by Crippen LogP contribution is 2.34. The highest BCUT2D eigenvalue weighted by molar-refractivity contribution is 14.1. The molecule has 0 aromatic carbocycles. The molecule has 4 rings (SSSR count). The molecule has 0 spiro atoms. The van der Waals surface area contributed by atoms with E-state index in [2.05, 4.69) is 25.4 Å². The second-order valence-electron chi connectivity index (χ2n) is 5.51. The van der Waals surface area contributed by atoms with Gasteiger partial charge in [-0.15, -0.1) is 5.10 Å². The molecule has 0 fully saturated rings. The number of fused-ring (bicyclic) bond motifs is 1. The van der Waals surface area contributed by atoms with Gasteiger partial charge in [0.1, 0.15) is 16.9 Å². The monoisotopic (exact) mass is 482 g/mol. The molecule has 0 aliphatic carbocycles. The summed E-state index contributed by atoms with van der Waals surface area (Å²) in [6, 6.07) is 9.18. The van der Waals surface area contributed by atoms with Crippen LogP contribution in [0.5, 0.6) is 0 Å². The van der Waals surface area contributed by atoms with Crippen molar-refractivity contribution in [2.75, 3.05) is 5.32 Å². The standard InChI is InChI=1S/C17H10F3IN6/c18-10-9-22-7-6-11(10)24-16-13-4-2-8-27(13)26-15(25-16)12-3-1-5-14(23-12)17(19,20)21/h1-9H,(H,22,24,25,26). The van der Waals surface area contributed by atoms with E-state index in [0.29, 0.717) is 11.3 Å². The molecule has 0 unspecified atom stereocenters. The van der Waals surface area contributed by atoms with E-state index in [1.807, 2.05) is 0 Å². The SMILES string of the molecule is Fc1cnccc1Nc1nc(-c2cccc(C(F)(F)I)n2)nn2cccc12. The first-order valence-electron chi connectivity index (χ1n) is 7.68. The Bertz CT molecular complexity index is 1130. The summed E-state index contributed by atoms with van der Waals surface area (Å²) in [6.45, 7) is 0. The minimum absolute atomic E-state index is 0.123. The van der Waals surface area contributed by atoms with Crippen molar-refractivity contribution in [1.29, 1.82) is 0 Å². The van der Waals surface area contributed by atoms with Crippen molar-refractivity contribution >= 4 is 39.6 Å². The molecule has 0 radical (unpaired) electrons. The molecule has 136 valence electrons. The zero-order valence-corrected chi connectivity index (χ0v) is 15.6. The predicted molar refractivity (Wildman–Crippen MR) is 102 cm³/mol. The van der Waals surface area contributed by atoms with Crippen LogP contribution < -0.4 is 5.32 Å². The van der Waals surface area contributed by atoms with Crippen molar-refractivity contribution in [3.05, 3.63) is 66.5 Å². The first-order chi connectivity index (χ1) is 12.9. The van der Waals surface area contributed by atoms with Gasteiger partial charge in [0.25, 0.3) is 0 Å². The average Bonchev–Trinajstić information content (AvgIpc) is 3.12. The molecule has 10 heteroatoms. The molecule has 0 aliphatic heterocycles. The van der Waals surface area contributed by atoms with Gasteiger partial charge in [0.2, 0.25) is 5.82 Å². The zero-order chi connectivity index (χ0) is 19.0. The lowest BCUT2D eigenvalue weighted by atomic mass is 10.3. The van der Waals surface area contributed by atoms with Crippen LogP contribution in [0, 0.1) is 5.82 Å². The fraction of sp³-hybridized carbons (Fsp3) is 0.0588. The van der Waals surface area contributed by atoms with Crippen LogP contribution in [0.2, 0.25) is 0 Å². The van der Waals surface area contributed by atoms with E-state index >= 15 is 0 Å². The third kappa shape index (κ3) is 3.56. The summed E-state index contributed by atoms with van der Waals surface area (Å²) < 4.78 is 39.5. The van der Waals surface area contributed by atoms with Gasteiger partial charge >= 0.3 is 3.93 Å². The summed E-state index contributed by atoms with van der Waals surface area (Å²) in [7, 11) is 0. The van der Waals surface area contributed by atoms with Crippen molar-refractivity contribution in [1.82, 2.24) is 24.6 Å². The van der Waals surface area contributed by atoms with Crippen LogP contribution in [-0.4, -0.2) is 24.6 Å². The van der Waals surface area contributed by atoms with Crippen LogP contribution in [0.25, 0.3) is 17.0 Å². The van der Waals surface area contributed by atoms with Crippen molar-refractivity contribution in [3.63, 3.8) is 0 Å². The van der Waals surface area contributed by atoms with E-state index < -0.39 is 15.4 Å². The second kappa shape index (κ2) is 6.76. The first kappa shape index (κ1) is 17.6. The smallest absolute Gasteiger partial charge is 0.336 e. The van der Waals surface area contributed by atoms with Crippen molar-refractivity contribution in [2.45, 2.75) is 3.93 Å². The fourth-order valence-corrected chi connectivity index (χ4v) is 2.76. The van der Waals surface area contributed by atoms with Crippen molar-refractivity contribution < 1.29 is 13.2 Å². The van der Waals surface area contributed by atoms with Crippen LogP contribution >= 0.6 is 22.6 Å². The van der Waals surface area contributed by atoms with Gasteiger partial charge in [-0.25, -0.2) is 18.9 Å². The molecule has 27 heavy (non-hydrogen) atoms. The lowest BCUT2D eigenvalue weighted by molar-refractivity contribution is 0.122. The first-order valence-corrected chi connectivity index (χ1v) is 8.76. The highest BCUT2D eigenvalue weighted by Gasteiger charge is 2.29. The molecular weight excluding hydrogens is 472 g/mol. The largest absolute Gasteiger partial charge is 0.337 e. The number of rotatable bonds is 4. The Hall–Kier alpha value is -2.76. The Kier molecular flexibility index (Phi) is 4.42. The van der Waals surface area contributed by atoms with E-state index in [1.165, 1.54) is 35.0 Å². The van der Waals surface area contributed by atoms with Crippen LogP contribution in [0.4, 0.5) is 24.7 Å². The number of hydrogen-bond acceptors (Lipinski definition) is 5. The van der Waals surface area contributed by atoms with Gasteiger partial charge in [-0.2, -0.15) is 8.78 Å². The van der Waals surface area contributed by atoms with Crippen LogP contribution in [0.15, 0.2) is 55.0 Å². The summed E-state index contributed by atoms with van der Waals surface area (Å²) >= 11 is 1.02. The molecule has 1 N–H and O–H groups in total. The van der Waals surface area contributed by atoms with Gasteiger partial charge < -0.3 is 5.32 Å². The number of nitrogens with one attached hydrogen (secondary N) is 1. The average molecular weight is 482 g/mol. The molecular formula is C17H10F3IN6. The Labute approximate surface area is 164 Å². The highest BCUT2D eigenvalue weighted by atomic mass is 127. The molecule has 0 atom stereocenters. The maximum absolute atomic E-state index is 13.9. The van der Waals surface area contributed by atoms with Crippen LogP contribution in [0.1, 0.15) is 5.69 Å². The molecule has 0 saturated heterocycles. The minimum Gasteiger partial charge on any atom is -0.336 e. The molecule has 6 nitrogen and oxygen atoms in total. The minimum atomic E-state index is -3.12.